The lowest BCUT2D eigenvalue weighted by Gasteiger charge is -2.18. The highest BCUT2D eigenvalue weighted by Gasteiger charge is 2.50. The highest BCUT2D eigenvalue weighted by molar-refractivity contribution is 5.17. The molecule has 1 fully saturated rings. The molecule has 1 N–H and O–H groups in total. The zero-order valence-electron chi connectivity index (χ0n) is 10.1. The standard InChI is InChI=1S/C12H21N3/c1-5-13-11(10-6-12(10,2)3)9-7-14-15(4)8-9/h7-8,10-11,13H,5-6H2,1-4H3. The van der Waals surface area contributed by atoms with Gasteiger partial charge in [0.05, 0.1) is 6.20 Å². The highest BCUT2D eigenvalue weighted by Crippen LogP contribution is 2.57. The molecule has 0 saturated heterocycles. The largest absolute Gasteiger partial charge is 0.310 e. The van der Waals surface area contributed by atoms with Crippen LogP contribution in [0.1, 0.15) is 38.8 Å². The quantitative estimate of drug-likeness (QED) is 0.819. The van der Waals surface area contributed by atoms with Gasteiger partial charge in [-0.05, 0) is 24.3 Å². The Balaban J connectivity index is 2.14. The van der Waals surface area contributed by atoms with Crippen molar-refractivity contribution in [2.75, 3.05) is 6.54 Å². The van der Waals surface area contributed by atoms with Crippen LogP contribution in [0.2, 0.25) is 0 Å². The Morgan fingerprint density at radius 2 is 2.33 bits per heavy atom. The summed E-state index contributed by atoms with van der Waals surface area (Å²) in [4.78, 5) is 0. The van der Waals surface area contributed by atoms with Crippen molar-refractivity contribution in [1.29, 1.82) is 0 Å². The van der Waals surface area contributed by atoms with Crippen LogP contribution in [0.3, 0.4) is 0 Å². The van der Waals surface area contributed by atoms with Gasteiger partial charge in [0.15, 0.2) is 0 Å². The Morgan fingerprint density at radius 3 is 2.73 bits per heavy atom. The molecule has 2 unspecified atom stereocenters. The third kappa shape index (κ3) is 2.07. The molecule has 0 amide bonds. The van der Waals surface area contributed by atoms with E-state index in [1.54, 1.807) is 0 Å². The summed E-state index contributed by atoms with van der Waals surface area (Å²) < 4.78 is 1.88. The molecule has 0 aromatic carbocycles. The lowest BCUT2D eigenvalue weighted by molar-refractivity contribution is 0.423. The second-order valence-electron chi connectivity index (χ2n) is 5.28. The highest BCUT2D eigenvalue weighted by atomic mass is 15.2. The molecule has 1 saturated carbocycles. The molecule has 0 bridgehead atoms. The van der Waals surface area contributed by atoms with Crippen LogP contribution in [0.5, 0.6) is 0 Å². The van der Waals surface area contributed by atoms with Crippen molar-refractivity contribution < 1.29 is 0 Å². The van der Waals surface area contributed by atoms with E-state index in [2.05, 4.69) is 37.4 Å². The average molecular weight is 207 g/mol. The first kappa shape index (κ1) is 10.7. The van der Waals surface area contributed by atoms with Crippen molar-refractivity contribution in [1.82, 2.24) is 15.1 Å². The monoisotopic (exact) mass is 207 g/mol. The van der Waals surface area contributed by atoms with Crippen molar-refractivity contribution in [3.63, 3.8) is 0 Å². The molecule has 0 aliphatic heterocycles. The molecule has 1 aromatic rings. The van der Waals surface area contributed by atoms with Gasteiger partial charge in [0.25, 0.3) is 0 Å². The normalized spacial score (nSPS) is 25.2. The van der Waals surface area contributed by atoms with Gasteiger partial charge in [-0.25, -0.2) is 0 Å². The molecule has 84 valence electrons. The van der Waals surface area contributed by atoms with Crippen LogP contribution in [0.15, 0.2) is 12.4 Å². The SMILES string of the molecule is CCNC(c1cnn(C)c1)C1CC1(C)C. The molecule has 1 aliphatic rings. The lowest BCUT2D eigenvalue weighted by Crippen LogP contribution is -2.24. The number of aryl methyl sites for hydroxylation is 1. The number of hydrogen-bond acceptors (Lipinski definition) is 2. The number of aromatic nitrogens is 2. The fourth-order valence-electron chi connectivity index (χ4n) is 2.39. The average Bonchev–Trinajstić information content (AvgIpc) is 2.59. The topological polar surface area (TPSA) is 29.9 Å². The maximum absolute atomic E-state index is 4.25. The summed E-state index contributed by atoms with van der Waals surface area (Å²) in [5.41, 5.74) is 1.83. The minimum absolute atomic E-state index is 0.485. The third-order valence-corrected chi connectivity index (χ3v) is 3.50. The Bertz CT molecular complexity index is 340. The van der Waals surface area contributed by atoms with Crippen LogP contribution in [-0.2, 0) is 7.05 Å². The maximum Gasteiger partial charge on any atom is 0.0537 e. The van der Waals surface area contributed by atoms with Gasteiger partial charge in [-0.2, -0.15) is 5.10 Å². The summed E-state index contributed by atoms with van der Waals surface area (Å²) in [7, 11) is 1.98. The fourth-order valence-corrected chi connectivity index (χ4v) is 2.39. The summed E-state index contributed by atoms with van der Waals surface area (Å²) in [5.74, 6) is 0.765. The summed E-state index contributed by atoms with van der Waals surface area (Å²) in [5, 5.41) is 7.83. The summed E-state index contributed by atoms with van der Waals surface area (Å²) in [6.07, 6.45) is 5.43. The molecule has 2 rings (SSSR count). The van der Waals surface area contributed by atoms with Gasteiger partial charge in [0.2, 0.25) is 0 Å². The second-order valence-corrected chi connectivity index (χ2v) is 5.28. The van der Waals surface area contributed by atoms with Gasteiger partial charge < -0.3 is 5.32 Å². The molecular weight excluding hydrogens is 186 g/mol. The Kier molecular flexibility index (Phi) is 2.59. The van der Waals surface area contributed by atoms with E-state index < -0.39 is 0 Å². The lowest BCUT2D eigenvalue weighted by atomic mass is 9.99. The van der Waals surface area contributed by atoms with Crippen molar-refractivity contribution in [2.24, 2.45) is 18.4 Å². The zero-order valence-corrected chi connectivity index (χ0v) is 10.1. The maximum atomic E-state index is 4.25. The Hall–Kier alpha value is -0.830. The first-order valence-corrected chi connectivity index (χ1v) is 5.76. The molecule has 0 radical (unpaired) electrons. The molecule has 15 heavy (non-hydrogen) atoms. The van der Waals surface area contributed by atoms with Crippen molar-refractivity contribution in [3.8, 4) is 0 Å². The van der Waals surface area contributed by atoms with E-state index in [4.69, 9.17) is 0 Å². The molecule has 1 aromatic heterocycles. The second kappa shape index (κ2) is 3.63. The number of nitrogens with zero attached hydrogens (tertiary/aromatic N) is 2. The van der Waals surface area contributed by atoms with E-state index >= 15 is 0 Å². The summed E-state index contributed by atoms with van der Waals surface area (Å²) in [6.45, 7) is 7.88. The molecule has 0 spiro atoms. The van der Waals surface area contributed by atoms with Gasteiger partial charge in [0, 0.05) is 24.8 Å². The van der Waals surface area contributed by atoms with E-state index in [0.717, 1.165) is 12.5 Å². The van der Waals surface area contributed by atoms with Gasteiger partial charge in [-0.1, -0.05) is 20.8 Å². The summed E-state index contributed by atoms with van der Waals surface area (Å²) >= 11 is 0. The third-order valence-electron chi connectivity index (χ3n) is 3.50. The zero-order chi connectivity index (χ0) is 11.1. The van der Waals surface area contributed by atoms with E-state index in [9.17, 15) is 0 Å². The number of rotatable bonds is 4. The van der Waals surface area contributed by atoms with Crippen molar-refractivity contribution in [3.05, 3.63) is 18.0 Å². The van der Waals surface area contributed by atoms with Gasteiger partial charge >= 0.3 is 0 Å². The first-order valence-electron chi connectivity index (χ1n) is 5.76. The number of hydrogen-bond donors (Lipinski definition) is 1. The Labute approximate surface area is 91.9 Å². The van der Waals surface area contributed by atoms with Crippen molar-refractivity contribution >= 4 is 0 Å². The molecule has 2 atom stereocenters. The van der Waals surface area contributed by atoms with Gasteiger partial charge in [-0.15, -0.1) is 0 Å². The van der Waals surface area contributed by atoms with Crippen LogP contribution in [0, 0.1) is 11.3 Å². The minimum Gasteiger partial charge on any atom is -0.310 e. The molecule has 1 heterocycles. The fraction of sp³-hybridized carbons (Fsp3) is 0.750. The Morgan fingerprint density at radius 1 is 1.67 bits per heavy atom. The van der Waals surface area contributed by atoms with E-state index in [0.29, 0.717) is 11.5 Å². The van der Waals surface area contributed by atoms with Crippen LogP contribution >= 0.6 is 0 Å². The first-order chi connectivity index (χ1) is 7.04. The van der Waals surface area contributed by atoms with Gasteiger partial charge in [-0.3, -0.25) is 4.68 Å². The smallest absolute Gasteiger partial charge is 0.0537 e. The van der Waals surface area contributed by atoms with E-state index in [1.807, 2.05) is 17.9 Å². The molecule has 3 heteroatoms. The minimum atomic E-state index is 0.485. The van der Waals surface area contributed by atoms with Crippen LogP contribution in [0.25, 0.3) is 0 Å². The van der Waals surface area contributed by atoms with E-state index in [1.165, 1.54) is 12.0 Å². The predicted molar refractivity (Wildman–Crippen MR) is 61.5 cm³/mol. The molecule has 1 aliphatic carbocycles. The van der Waals surface area contributed by atoms with Gasteiger partial charge in [0.1, 0.15) is 0 Å². The van der Waals surface area contributed by atoms with Crippen molar-refractivity contribution in [2.45, 2.75) is 33.2 Å². The van der Waals surface area contributed by atoms with Crippen LogP contribution < -0.4 is 5.32 Å². The predicted octanol–water partition coefficient (Wildman–Crippen LogP) is 2.12. The van der Waals surface area contributed by atoms with E-state index in [-0.39, 0.29) is 0 Å². The summed E-state index contributed by atoms with van der Waals surface area (Å²) in [6, 6.07) is 0.485. The van der Waals surface area contributed by atoms with Crippen LogP contribution in [-0.4, -0.2) is 16.3 Å². The molecular formula is C12H21N3. The molecule has 3 nitrogen and oxygen atoms in total. The van der Waals surface area contributed by atoms with Crippen LogP contribution in [0.4, 0.5) is 0 Å². The number of nitrogens with one attached hydrogen (secondary N) is 1.